The van der Waals surface area contributed by atoms with Gasteiger partial charge in [0.25, 0.3) is 0 Å². The SMILES string of the molecule is CC(C)C(N)C(=O)Nc1cnn(C(C)C)c1. The topological polar surface area (TPSA) is 72.9 Å². The Kier molecular flexibility index (Phi) is 4.06. The standard InChI is InChI=1S/C11H20N4O/c1-7(2)10(12)11(16)14-9-5-13-15(6-9)8(3)4/h5-8,10H,12H2,1-4H3,(H,14,16). The van der Waals surface area contributed by atoms with Crippen molar-refractivity contribution in [3.8, 4) is 0 Å². The van der Waals surface area contributed by atoms with Crippen LogP contribution in [0, 0.1) is 5.92 Å². The van der Waals surface area contributed by atoms with Crippen LogP contribution in [-0.2, 0) is 4.79 Å². The van der Waals surface area contributed by atoms with E-state index in [0.29, 0.717) is 5.69 Å². The van der Waals surface area contributed by atoms with Crippen LogP contribution in [-0.4, -0.2) is 21.7 Å². The van der Waals surface area contributed by atoms with Crippen LogP contribution in [0.1, 0.15) is 33.7 Å². The van der Waals surface area contributed by atoms with Crippen molar-refractivity contribution in [2.24, 2.45) is 11.7 Å². The first-order valence-corrected chi connectivity index (χ1v) is 5.52. The van der Waals surface area contributed by atoms with Gasteiger partial charge in [0.15, 0.2) is 0 Å². The molecule has 0 aromatic carbocycles. The van der Waals surface area contributed by atoms with Crippen molar-refractivity contribution >= 4 is 11.6 Å². The summed E-state index contributed by atoms with van der Waals surface area (Å²) in [5, 5.41) is 6.89. The second-order valence-corrected chi connectivity index (χ2v) is 4.56. The maximum atomic E-state index is 11.7. The number of carbonyl (C=O) groups is 1. The van der Waals surface area contributed by atoms with Gasteiger partial charge in [0, 0.05) is 12.2 Å². The molecule has 1 aromatic rings. The molecule has 16 heavy (non-hydrogen) atoms. The molecule has 3 N–H and O–H groups in total. The molecule has 1 heterocycles. The molecule has 90 valence electrons. The molecule has 5 heteroatoms. The number of rotatable bonds is 4. The van der Waals surface area contributed by atoms with Crippen LogP contribution in [0.4, 0.5) is 5.69 Å². The van der Waals surface area contributed by atoms with Gasteiger partial charge in [-0.1, -0.05) is 13.8 Å². The van der Waals surface area contributed by atoms with Gasteiger partial charge in [0.05, 0.1) is 17.9 Å². The average molecular weight is 224 g/mol. The van der Waals surface area contributed by atoms with Crippen LogP contribution < -0.4 is 11.1 Å². The molecule has 1 rings (SSSR count). The van der Waals surface area contributed by atoms with E-state index in [2.05, 4.69) is 10.4 Å². The Morgan fingerprint density at radius 1 is 1.44 bits per heavy atom. The molecule has 1 atom stereocenters. The molecular formula is C11H20N4O. The lowest BCUT2D eigenvalue weighted by atomic mass is 10.1. The second kappa shape index (κ2) is 5.12. The number of nitrogens with zero attached hydrogens (tertiary/aromatic N) is 2. The van der Waals surface area contributed by atoms with E-state index in [4.69, 9.17) is 5.73 Å². The first-order chi connectivity index (χ1) is 7.41. The Morgan fingerprint density at radius 3 is 2.50 bits per heavy atom. The van der Waals surface area contributed by atoms with E-state index in [1.165, 1.54) is 0 Å². The van der Waals surface area contributed by atoms with Crippen molar-refractivity contribution < 1.29 is 4.79 Å². The maximum absolute atomic E-state index is 11.7. The second-order valence-electron chi connectivity index (χ2n) is 4.56. The highest BCUT2D eigenvalue weighted by molar-refractivity contribution is 5.94. The van der Waals surface area contributed by atoms with Crippen LogP contribution in [0.5, 0.6) is 0 Å². The zero-order chi connectivity index (χ0) is 12.3. The monoisotopic (exact) mass is 224 g/mol. The Morgan fingerprint density at radius 2 is 2.06 bits per heavy atom. The predicted molar refractivity (Wildman–Crippen MR) is 64.1 cm³/mol. The zero-order valence-corrected chi connectivity index (χ0v) is 10.3. The van der Waals surface area contributed by atoms with Gasteiger partial charge in [-0.25, -0.2) is 0 Å². The number of carbonyl (C=O) groups excluding carboxylic acids is 1. The summed E-state index contributed by atoms with van der Waals surface area (Å²) < 4.78 is 1.79. The van der Waals surface area contributed by atoms with Gasteiger partial charge < -0.3 is 11.1 Å². The summed E-state index contributed by atoms with van der Waals surface area (Å²) in [5.41, 5.74) is 6.42. The molecule has 0 radical (unpaired) electrons. The maximum Gasteiger partial charge on any atom is 0.241 e. The van der Waals surface area contributed by atoms with Gasteiger partial charge in [0.2, 0.25) is 5.91 Å². The summed E-state index contributed by atoms with van der Waals surface area (Å²) in [4.78, 5) is 11.7. The largest absolute Gasteiger partial charge is 0.322 e. The molecule has 0 spiro atoms. The van der Waals surface area contributed by atoms with Gasteiger partial charge in [-0.05, 0) is 19.8 Å². The number of hydrogen-bond acceptors (Lipinski definition) is 3. The summed E-state index contributed by atoms with van der Waals surface area (Å²) in [5.74, 6) is -0.0431. The molecular weight excluding hydrogens is 204 g/mol. The molecule has 0 saturated heterocycles. The van der Waals surface area contributed by atoms with Gasteiger partial charge in [0.1, 0.15) is 0 Å². The molecule has 5 nitrogen and oxygen atoms in total. The number of nitrogens with one attached hydrogen (secondary N) is 1. The van der Waals surface area contributed by atoms with Crippen LogP contribution in [0.25, 0.3) is 0 Å². The van der Waals surface area contributed by atoms with E-state index in [1.54, 1.807) is 17.1 Å². The first-order valence-electron chi connectivity index (χ1n) is 5.52. The zero-order valence-electron chi connectivity index (χ0n) is 10.3. The Bertz CT molecular complexity index is 357. The Labute approximate surface area is 96.0 Å². The molecule has 0 bridgehead atoms. The molecule has 0 aliphatic rings. The van der Waals surface area contributed by atoms with Crippen molar-refractivity contribution in [2.75, 3.05) is 5.32 Å². The van der Waals surface area contributed by atoms with Crippen LogP contribution in [0.3, 0.4) is 0 Å². The highest BCUT2D eigenvalue weighted by Gasteiger charge is 2.17. The minimum Gasteiger partial charge on any atom is -0.322 e. The Hall–Kier alpha value is -1.36. The third-order valence-corrected chi connectivity index (χ3v) is 2.42. The summed E-state index contributed by atoms with van der Waals surface area (Å²) in [7, 11) is 0. The van der Waals surface area contributed by atoms with E-state index >= 15 is 0 Å². The van der Waals surface area contributed by atoms with Crippen molar-refractivity contribution in [1.82, 2.24) is 9.78 Å². The van der Waals surface area contributed by atoms with E-state index in [-0.39, 0.29) is 17.9 Å². The summed E-state index contributed by atoms with van der Waals surface area (Å²) in [6, 6.07) is -0.202. The van der Waals surface area contributed by atoms with E-state index in [9.17, 15) is 4.79 Å². The fourth-order valence-electron chi connectivity index (χ4n) is 1.21. The fourth-order valence-corrected chi connectivity index (χ4v) is 1.21. The van der Waals surface area contributed by atoms with E-state index in [0.717, 1.165) is 0 Å². The number of anilines is 1. The smallest absolute Gasteiger partial charge is 0.241 e. The van der Waals surface area contributed by atoms with Crippen molar-refractivity contribution in [2.45, 2.75) is 39.8 Å². The molecule has 1 unspecified atom stereocenters. The quantitative estimate of drug-likeness (QED) is 0.811. The number of nitrogens with two attached hydrogens (primary N) is 1. The van der Waals surface area contributed by atoms with Crippen molar-refractivity contribution in [1.29, 1.82) is 0 Å². The third-order valence-electron chi connectivity index (χ3n) is 2.42. The molecule has 0 fully saturated rings. The van der Waals surface area contributed by atoms with Crippen LogP contribution in [0.15, 0.2) is 12.4 Å². The van der Waals surface area contributed by atoms with E-state index in [1.807, 2.05) is 27.7 Å². The van der Waals surface area contributed by atoms with Gasteiger partial charge >= 0.3 is 0 Å². The van der Waals surface area contributed by atoms with Gasteiger partial charge in [-0.15, -0.1) is 0 Å². The molecule has 1 aromatic heterocycles. The van der Waals surface area contributed by atoms with Crippen LogP contribution >= 0.6 is 0 Å². The first kappa shape index (κ1) is 12.7. The third kappa shape index (κ3) is 3.06. The number of hydrogen-bond donors (Lipinski definition) is 2. The van der Waals surface area contributed by atoms with Crippen molar-refractivity contribution in [3.05, 3.63) is 12.4 Å². The lowest BCUT2D eigenvalue weighted by Gasteiger charge is -2.14. The van der Waals surface area contributed by atoms with E-state index < -0.39 is 6.04 Å². The highest BCUT2D eigenvalue weighted by Crippen LogP contribution is 2.11. The van der Waals surface area contributed by atoms with Gasteiger partial charge in [-0.2, -0.15) is 5.10 Å². The van der Waals surface area contributed by atoms with Crippen LogP contribution in [0.2, 0.25) is 0 Å². The van der Waals surface area contributed by atoms with Gasteiger partial charge in [-0.3, -0.25) is 9.48 Å². The molecule has 0 aliphatic carbocycles. The predicted octanol–water partition coefficient (Wildman–Crippen LogP) is 1.39. The normalized spacial score (nSPS) is 13.2. The van der Waals surface area contributed by atoms with Crippen molar-refractivity contribution in [3.63, 3.8) is 0 Å². The number of aromatic nitrogens is 2. The highest BCUT2D eigenvalue weighted by atomic mass is 16.2. The Balaban J connectivity index is 2.63. The molecule has 0 aliphatic heterocycles. The summed E-state index contributed by atoms with van der Waals surface area (Å²) in [6.07, 6.45) is 3.43. The minimum atomic E-state index is -0.484. The number of amides is 1. The fraction of sp³-hybridized carbons (Fsp3) is 0.636. The average Bonchev–Trinajstić information content (AvgIpc) is 2.64. The minimum absolute atomic E-state index is 0.125. The summed E-state index contributed by atoms with van der Waals surface area (Å²) >= 11 is 0. The lowest BCUT2D eigenvalue weighted by molar-refractivity contribution is -0.118. The lowest BCUT2D eigenvalue weighted by Crippen LogP contribution is -2.39. The summed E-state index contributed by atoms with van der Waals surface area (Å²) in [6.45, 7) is 7.89. The molecule has 1 amide bonds. The molecule has 0 saturated carbocycles.